The molecule has 1 heterocycles. The van der Waals surface area contributed by atoms with Crippen LogP contribution in [0.4, 0.5) is 0 Å². The fraction of sp³-hybridized carbons (Fsp3) is 0.667. The average molecular weight is 211 g/mol. The van der Waals surface area contributed by atoms with E-state index in [0.717, 1.165) is 31.6 Å². The molecule has 0 aliphatic heterocycles. The maximum atomic E-state index is 6.10. The van der Waals surface area contributed by atoms with E-state index < -0.39 is 0 Å². The van der Waals surface area contributed by atoms with Gasteiger partial charge in [0.15, 0.2) is 0 Å². The van der Waals surface area contributed by atoms with Gasteiger partial charge in [-0.05, 0) is 25.5 Å². The lowest BCUT2D eigenvalue weighted by Crippen LogP contribution is -2.38. The number of hydrogen-bond acceptors (Lipinski definition) is 3. The van der Waals surface area contributed by atoms with Crippen LogP contribution in [0.1, 0.15) is 32.4 Å². The van der Waals surface area contributed by atoms with Crippen LogP contribution in [0.2, 0.25) is 0 Å². The van der Waals surface area contributed by atoms with Gasteiger partial charge in [0, 0.05) is 19.1 Å². The van der Waals surface area contributed by atoms with Crippen LogP contribution in [0.25, 0.3) is 0 Å². The van der Waals surface area contributed by atoms with Crippen molar-refractivity contribution in [3.05, 3.63) is 24.2 Å². The molecular formula is C12H21NO2. The van der Waals surface area contributed by atoms with Crippen LogP contribution in [-0.2, 0) is 11.2 Å². The van der Waals surface area contributed by atoms with Crippen molar-refractivity contribution >= 4 is 0 Å². The number of nitrogens with two attached hydrogens (primary N) is 1. The van der Waals surface area contributed by atoms with E-state index in [1.54, 1.807) is 6.26 Å². The van der Waals surface area contributed by atoms with Gasteiger partial charge in [-0.3, -0.25) is 0 Å². The van der Waals surface area contributed by atoms with Gasteiger partial charge in [-0.2, -0.15) is 0 Å². The fourth-order valence-corrected chi connectivity index (χ4v) is 1.71. The number of rotatable bonds is 7. The van der Waals surface area contributed by atoms with E-state index in [1.165, 1.54) is 0 Å². The summed E-state index contributed by atoms with van der Waals surface area (Å²) >= 11 is 0. The Balaban J connectivity index is 2.44. The Bertz CT molecular complexity index is 240. The van der Waals surface area contributed by atoms with Gasteiger partial charge < -0.3 is 14.9 Å². The van der Waals surface area contributed by atoms with Crippen molar-refractivity contribution in [1.29, 1.82) is 0 Å². The van der Waals surface area contributed by atoms with Crippen LogP contribution < -0.4 is 5.73 Å². The first-order chi connectivity index (χ1) is 7.27. The van der Waals surface area contributed by atoms with E-state index in [9.17, 15) is 0 Å². The van der Waals surface area contributed by atoms with Crippen molar-refractivity contribution in [2.24, 2.45) is 5.73 Å². The molecule has 2 atom stereocenters. The summed E-state index contributed by atoms with van der Waals surface area (Å²) in [5.41, 5.74) is 6.10. The molecule has 1 aromatic heterocycles. The van der Waals surface area contributed by atoms with Crippen LogP contribution in [0.15, 0.2) is 22.8 Å². The largest absolute Gasteiger partial charge is 0.469 e. The molecule has 2 N–H and O–H groups in total. The third-order valence-corrected chi connectivity index (χ3v) is 2.45. The van der Waals surface area contributed by atoms with Crippen molar-refractivity contribution < 1.29 is 9.15 Å². The van der Waals surface area contributed by atoms with Gasteiger partial charge in [0.2, 0.25) is 0 Å². The minimum atomic E-state index is 0.0241. The van der Waals surface area contributed by atoms with Gasteiger partial charge >= 0.3 is 0 Å². The summed E-state index contributed by atoms with van der Waals surface area (Å²) in [4.78, 5) is 0. The van der Waals surface area contributed by atoms with E-state index in [1.807, 2.05) is 19.1 Å². The summed E-state index contributed by atoms with van der Waals surface area (Å²) in [5.74, 6) is 0.934. The molecule has 0 aromatic carbocycles. The average Bonchev–Trinajstić information content (AvgIpc) is 2.70. The maximum Gasteiger partial charge on any atom is 0.105 e. The molecule has 1 rings (SSSR count). The molecule has 3 nitrogen and oxygen atoms in total. The van der Waals surface area contributed by atoms with Gasteiger partial charge in [-0.15, -0.1) is 0 Å². The second kappa shape index (κ2) is 6.64. The van der Waals surface area contributed by atoms with Crippen molar-refractivity contribution in [3.63, 3.8) is 0 Å². The zero-order valence-electron chi connectivity index (χ0n) is 9.61. The highest BCUT2D eigenvalue weighted by Crippen LogP contribution is 2.11. The zero-order valence-corrected chi connectivity index (χ0v) is 9.61. The van der Waals surface area contributed by atoms with Crippen molar-refractivity contribution in [1.82, 2.24) is 0 Å². The van der Waals surface area contributed by atoms with Crippen molar-refractivity contribution in [2.75, 3.05) is 6.61 Å². The Morgan fingerprint density at radius 1 is 1.47 bits per heavy atom. The monoisotopic (exact) mass is 211 g/mol. The summed E-state index contributed by atoms with van der Waals surface area (Å²) in [6.45, 7) is 4.87. The quantitative estimate of drug-likeness (QED) is 0.753. The first-order valence-electron chi connectivity index (χ1n) is 5.67. The SMILES string of the molecule is CCCC(OCC)C(N)Cc1ccco1. The van der Waals surface area contributed by atoms with Crippen LogP contribution in [-0.4, -0.2) is 18.8 Å². The summed E-state index contributed by atoms with van der Waals surface area (Å²) in [6, 6.07) is 3.86. The minimum absolute atomic E-state index is 0.0241. The van der Waals surface area contributed by atoms with E-state index in [4.69, 9.17) is 14.9 Å². The molecule has 3 heteroatoms. The second-order valence-corrected chi connectivity index (χ2v) is 3.73. The second-order valence-electron chi connectivity index (χ2n) is 3.73. The molecular weight excluding hydrogens is 190 g/mol. The highest BCUT2D eigenvalue weighted by molar-refractivity contribution is 5.01. The Morgan fingerprint density at radius 3 is 2.80 bits per heavy atom. The molecule has 1 aromatic rings. The molecule has 0 bridgehead atoms. The third kappa shape index (κ3) is 4.06. The fourth-order valence-electron chi connectivity index (χ4n) is 1.71. The predicted molar refractivity (Wildman–Crippen MR) is 60.7 cm³/mol. The van der Waals surface area contributed by atoms with Gasteiger partial charge in [-0.1, -0.05) is 13.3 Å². The summed E-state index contributed by atoms with van der Waals surface area (Å²) in [6.07, 6.45) is 4.67. The molecule has 0 saturated heterocycles. The lowest BCUT2D eigenvalue weighted by atomic mass is 10.0. The molecule has 0 saturated carbocycles. The summed E-state index contributed by atoms with van der Waals surface area (Å²) < 4.78 is 10.9. The maximum absolute atomic E-state index is 6.10. The van der Waals surface area contributed by atoms with Crippen LogP contribution in [0, 0.1) is 0 Å². The number of ether oxygens (including phenoxy) is 1. The lowest BCUT2D eigenvalue weighted by molar-refractivity contribution is 0.0367. The van der Waals surface area contributed by atoms with Gasteiger partial charge in [0.05, 0.1) is 12.4 Å². The number of furan rings is 1. The Labute approximate surface area is 91.6 Å². The van der Waals surface area contributed by atoms with Crippen LogP contribution >= 0.6 is 0 Å². The van der Waals surface area contributed by atoms with Gasteiger partial charge in [0.1, 0.15) is 5.76 Å². The molecule has 0 fully saturated rings. The van der Waals surface area contributed by atoms with Crippen LogP contribution in [0.3, 0.4) is 0 Å². The highest BCUT2D eigenvalue weighted by atomic mass is 16.5. The van der Waals surface area contributed by atoms with Gasteiger partial charge in [-0.25, -0.2) is 0 Å². The molecule has 0 radical (unpaired) electrons. The van der Waals surface area contributed by atoms with E-state index >= 15 is 0 Å². The van der Waals surface area contributed by atoms with E-state index in [2.05, 4.69) is 6.92 Å². The predicted octanol–water partition coefficient (Wildman–Crippen LogP) is 2.35. The Hall–Kier alpha value is -0.800. The van der Waals surface area contributed by atoms with E-state index in [0.29, 0.717) is 0 Å². The first-order valence-corrected chi connectivity index (χ1v) is 5.67. The molecule has 0 spiro atoms. The van der Waals surface area contributed by atoms with Crippen molar-refractivity contribution in [3.8, 4) is 0 Å². The standard InChI is InChI=1S/C12H21NO2/c1-3-6-12(14-4-2)11(13)9-10-7-5-8-15-10/h5,7-8,11-12H,3-4,6,9,13H2,1-2H3. The molecule has 86 valence electrons. The molecule has 0 aliphatic rings. The summed E-state index contributed by atoms with van der Waals surface area (Å²) in [5, 5.41) is 0. The smallest absolute Gasteiger partial charge is 0.105 e. The lowest BCUT2D eigenvalue weighted by Gasteiger charge is -2.22. The topological polar surface area (TPSA) is 48.4 Å². The highest BCUT2D eigenvalue weighted by Gasteiger charge is 2.18. The molecule has 0 aliphatic carbocycles. The third-order valence-electron chi connectivity index (χ3n) is 2.45. The van der Waals surface area contributed by atoms with E-state index in [-0.39, 0.29) is 12.1 Å². The van der Waals surface area contributed by atoms with Crippen molar-refractivity contribution in [2.45, 2.75) is 45.3 Å². The Morgan fingerprint density at radius 2 is 2.27 bits per heavy atom. The first kappa shape index (κ1) is 12.3. The normalized spacial score (nSPS) is 15.1. The molecule has 2 unspecified atom stereocenters. The Kier molecular flexibility index (Phi) is 5.43. The summed E-state index contributed by atoms with van der Waals surface area (Å²) in [7, 11) is 0. The molecule has 15 heavy (non-hydrogen) atoms. The van der Waals surface area contributed by atoms with Gasteiger partial charge in [0.25, 0.3) is 0 Å². The number of hydrogen-bond donors (Lipinski definition) is 1. The zero-order chi connectivity index (χ0) is 11.1. The molecule has 0 amide bonds. The minimum Gasteiger partial charge on any atom is -0.469 e. The van der Waals surface area contributed by atoms with Crippen LogP contribution in [0.5, 0.6) is 0 Å².